The van der Waals surface area contributed by atoms with Crippen LogP contribution >= 0.6 is 0 Å². The monoisotopic (exact) mass is 365 g/mol. The molecule has 1 atom stereocenters. The van der Waals surface area contributed by atoms with E-state index in [4.69, 9.17) is 0 Å². The third kappa shape index (κ3) is 3.41. The highest BCUT2D eigenvalue weighted by Gasteiger charge is 2.37. The highest BCUT2D eigenvalue weighted by molar-refractivity contribution is 7.89. The van der Waals surface area contributed by atoms with E-state index in [1.807, 2.05) is 0 Å². The summed E-state index contributed by atoms with van der Waals surface area (Å²) in [6.07, 6.45) is 3.02. The van der Waals surface area contributed by atoms with Crippen molar-refractivity contribution in [3.05, 3.63) is 29.8 Å². The number of amides is 2. The summed E-state index contributed by atoms with van der Waals surface area (Å²) < 4.78 is 27.4. The molecule has 0 spiro atoms. The van der Waals surface area contributed by atoms with Crippen LogP contribution in [0.1, 0.15) is 36.0 Å². The van der Waals surface area contributed by atoms with Crippen LogP contribution in [0.3, 0.4) is 0 Å². The largest absolute Gasteiger partial charge is 0.358 e. The Morgan fingerprint density at radius 1 is 1.12 bits per heavy atom. The molecule has 1 aromatic carbocycles. The summed E-state index contributed by atoms with van der Waals surface area (Å²) in [5.74, 6) is -0.444. The Balaban J connectivity index is 1.90. The van der Waals surface area contributed by atoms with Crippen LogP contribution in [-0.2, 0) is 14.8 Å². The van der Waals surface area contributed by atoms with Crippen molar-refractivity contribution < 1.29 is 18.0 Å². The molecule has 2 aliphatic heterocycles. The van der Waals surface area contributed by atoms with Crippen molar-refractivity contribution in [1.29, 1.82) is 0 Å². The Bertz CT molecular complexity index is 774. The van der Waals surface area contributed by atoms with E-state index in [9.17, 15) is 18.0 Å². The number of carbonyl (C=O) groups excluding carboxylic acids is 2. The van der Waals surface area contributed by atoms with Gasteiger partial charge in [-0.1, -0.05) is 12.5 Å². The second-order valence-corrected chi connectivity index (χ2v) is 8.31. The van der Waals surface area contributed by atoms with E-state index < -0.39 is 16.1 Å². The zero-order valence-corrected chi connectivity index (χ0v) is 15.1. The van der Waals surface area contributed by atoms with Gasteiger partial charge in [0.25, 0.3) is 5.91 Å². The summed E-state index contributed by atoms with van der Waals surface area (Å²) in [6.45, 7) is 1.73. The van der Waals surface area contributed by atoms with Crippen molar-refractivity contribution in [3.63, 3.8) is 0 Å². The summed E-state index contributed by atoms with van der Waals surface area (Å²) in [5, 5.41) is 2.54. The number of likely N-dealkylation sites (tertiary alicyclic amines) is 1. The van der Waals surface area contributed by atoms with Crippen LogP contribution in [0.4, 0.5) is 0 Å². The smallest absolute Gasteiger partial charge is 0.253 e. The van der Waals surface area contributed by atoms with Crippen molar-refractivity contribution in [2.24, 2.45) is 0 Å². The summed E-state index contributed by atoms with van der Waals surface area (Å²) in [7, 11) is -2.33. The molecule has 0 radical (unpaired) electrons. The van der Waals surface area contributed by atoms with Gasteiger partial charge in [-0.05, 0) is 37.5 Å². The first-order valence-corrected chi connectivity index (χ1v) is 10.0. The maximum Gasteiger partial charge on any atom is 0.253 e. The average Bonchev–Trinajstić information content (AvgIpc) is 2.59. The molecule has 2 fully saturated rings. The Kier molecular flexibility index (Phi) is 5.10. The van der Waals surface area contributed by atoms with Crippen LogP contribution in [0.25, 0.3) is 0 Å². The van der Waals surface area contributed by atoms with Crippen LogP contribution in [0.15, 0.2) is 29.2 Å². The second kappa shape index (κ2) is 7.13. The van der Waals surface area contributed by atoms with Gasteiger partial charge in [0, 0.05) is 32.2 Å². The van der Waals surface area contributed by atoms with Gasteiger partial charge in [0.15, 0.2) is 0 Å². The lowest BCUT2D eigenvalue weighted by Crippen LogP contribution is -2.51. The van der Waals surface area contributed by atoms with Crippen LogP contribution < -0.4 is 5.32 Å². The number of carbonyl (C=O) groups is 2. The number of hydrogen-bond acceptors (Lipinski definition) is 4. The molecule has 2 heterocycles. The fraction of sp³-hybridized carbons (Fsp3) is 0.529. The van der Waals surface area contributed by atoms with Crippen molar-refractivity contribution in [3.8, 4) is 0 Å². The lowest BCUT2D eigenvalue weighted by atomic mass is 10.0. The molecule has 0 aromatic heterocycles. The number of benzene rings is 1. The average molecular weight is 365 g/mol. The number of likely N-dealkylation sites (N-methyl/N-ethyl adjacent to an activating group) is 1. The van der Waals surface area contributed by atoms with Gasteiger partial charge in [0.05, 0.1) is 4.90 Å². The summed E-state index contributed by atoms with van der Waals surface area (Å²) in [6, 6.07) is 5.42. The predicted molar refractivity (Wildman–Crippen MR) is 92.6 cm³/mol. The number of nitrogens with zero attached hydrogens (tertiary/aromatic N) is 2. The molecule has 2 saturated heterocycles. The van der Waals surface area contributed by atoms with Crippen LogP contribution in [-0.4, -0.2) is 62.2 Å². The normalized spacial score (nSPS) is 21.5. The van der Waals surface area contributed by atoms with Gasteiger partial charge >= 0.3 is 0 Å². The Morgan fingerprint density at radius 2 is 1.88 bits per heavy atom. The zero-order valence-electron chi connectivity index (χ0n) is 14.3. The van der Waals surface area contributed by atoms with Crippen molar-refractivity contribution in [2.75, 3.05) is 26.7 Å². The predicted octanol–water partition coefficient (Wildman–Crippen LogP) is 0.822. The number of sulfonamides is 1. The lowest BCUT2D eigenvalue weighted by molar-refractivity contribution is -0.125. The van der Waals surface area contributed by atoms with Crippen molar-refractivity contribution in [2.45, 2.75) is 36.6 Å². The fourth-order valence-electron chi connectivity index (χ4n) is 3.25. The van der Waals surface area contributed by atoms with Crippen LogP contribution in [0.5, 0.6) is 0 Å². The maximum atomic E-state index is 13.1. The van der Waals surface area contributed by atoms with E-state index in [2.05, 4.69) is 5.32 Å². The number of hydrogen-bond donors (Lipinski definition) is 1. The SMILES string of the molecule is CNC(=O)[C@H]1CCCCN1S(=O)(=O)c1cccc(C(=O)N2CCC2)c1. The van der Waals surface area contributed by atoms with E-state index in [1.165, 1.54) is 23.5 Å². The summed E-state index contributed by atoms with van der Waals surface area (Å²) in [5.41, 5.74) is 0.370. The third-order valence-electron chi connectivity index (χ3n) is 4.83. The molecule has 25 heavy (non-hydrogen) atoms. The topological polar surface area (TPSA) is 86.8 Å². The van der Waals surface area contributed by atoms with Crippen LogP contribution in [0.2, 0.25) is 0 Å². The molecule has 1 aromatic rings. The third-order valence-corrected chi connectivity index (χ3v) is 6.74. The van der Waals surface area contributed by atoms with Gasteiger partial charge in [-0.2, -0.15) is 4.31 Å². The molecule has 0 bridgehead atoms. The van der Waals surface area contributed by atoms with Gasteiger partial charge in [0.2, 0.25) is 15.9 Å². The fourth-order valence-corrected chi connectivity index (χ4v) is 4.95. The van der Waals surface area contributed by atoms with Gasteiger partial charge in [-0.25, -0.2) is 8.42 Å². The lowest BCUT2D eigenvalue weighted by Gasteiger charge is -2.33. The summed E-state index contributed by atoms with van der Waals surface area (Å²) >= 11 is 0. The Morgan fingerprint density at radius 3 is 2.52 bits per heavy atom. The van der Waals surface area contributed by atoms with Gasteiger partial charge in [-0.3, -0.25) is 9.59 Å². The number of rotatable bonds is 4. The van der Waals surface area contributed by atoms with E-state index >= 15 is 0 Å². The molecule has 3 rings (SSSR count). The standard InChI is InChI=1S/C17H23N3O4S/c1-18-16(21)15-8-2-3-11-20(15)25(23,24)14-7-4-6-13(12-14)17(22)19-9-5-10-19/h4,6-7,12,15H,2-3,5,8-11H2,1H3,(H,18,21)/t15-/m1/s1. The first-order valence-electron chi connectivity index (χ1n) is 8.58. The minimum atomic E-state index is -3.83. The Hall–Kier alpha value is -1.93. The van der Waals surface area contributed by atoms with Gasteiger partial charge in [-0.15, -0.1) is 0 Å². The van der Waals surface area contributed by atoms with Crippen molar-refractivity contribution in [1.82, 2.24) is 14.5 Å². The van der Waals surface area contributed by atoms with Gasteiger partial charge in [0.1, 0.15) is 6.04 Å². The highest BCUT2D eigenvalue weighted by atomic mass is 32.2. The molecular formula is C17H23N3O4S. The van der Waals surface area contributed by atoms with Crippen molar-refractivity contribution >= 4 is 21.8 Å². The van der Waals surface area contributed by atoms with Gasteiger partial charge < -0.3 is 10.2 Å². The Labute approximate surface area is 148 Å². The van der Waals surface area contributed by atoms with Crippen LogP contribution in [0, 0.1) is 0 Å². The summed E-state index contributed by atoms with van der Waals surface area (Å²) in [4.78, 5) is 26.2. The molecule has 0 aliphatic carbocycles. The molecule has 2 amide bonds. The molecule has 0 unspecified atom stereocenters. The first-order chi connectivity index (χ1) is 11.9. The minimum Gasteiger partial charge on any atom is -0.358 e. The minimum absolute atomic E-state index is 0.0645. The molecule has 8 heteroatoms. The molecule has 2 aliphatic rings. The highest BCUT2D eigenvalue weighted by Crippen LogP contribution is 2.26. The molecule has 1 N–H and O–H groups in total. The molecular weight excluding hydrogens is 342 g/mol. The van der Waals surface area contributed by atoms with E-state index in [0.29, 0.717) is 31.6 Å². The number of piperidine rings is 1. The molecule has 136 valence electrons. The second-order valence-electron chi connectivity index (χ2n) is 6.42. The molecule has 7 nitrogen and oxygen atoms in total. The van der Waals surface area contributed by atoms with E-state index in [1.54, 1.807) is 17.0 Å². The first kappa shape index (κ1) is 17.9. The quantitative estimate of drug-likeness (QED) is 0.856. The zero-order chi connectivity index (χ0) is 18.0. The maximum absolute atomic E-state index is 13.1. The van der Waals surface area contributed by atoms with E-state index in [-0.39, 0.29) is 16.7 Å². The molecule has 0 saturated carbocycles. The number of nitrogens with one attached hydrogen (secondary N) is 1. The van der Waals surface area contributed by atoms with E-state index in [0.717, 1.165) is 19.3 Å².